The quantitative estimate of drug-likeness (QED) is 0.539. The lowest BCUT2D eigenvalue weighted by molar-refractivity contribution is -0.127. The maximum atomic E-state index is 12.4. The number of ether oxygens (including phenoxy) is 3. The summed E-state index contributed by atoms with van der Waals surface area (Å²) in [5, 5.41) is 3.80. The van der Waals surface area contributed by atoms with E-state index < -0.39 is 6.10 Å². The van der Waals surface area contributed by atoms with Crippen LogP contribution in [0.5, 0.6) is 11.5 Å². The number of hydrogen-bond acceptors (Lipinski definition) is 5. The first-order chi connectivity index (χ1) is 15.4. The van der Waals surface area contributed by atoms with Crippen LogP contribution in [-0.4, -0.2) is 56.4 Å². The predicted octanol–water partition coefficient (Wildman–Crippen LogP) is 4.57. The molecule has 0 spiro atoms. The van der Waals surface area contributed by atoms with Crippen molar-refractivity contribution in [3.8, 4) is 11.5 Å². The van der Waals surface area contributed by atoms with Crippen molar-refractivity contribution in [1.29, 1.82) is 0 Å². The molecule has 1 amide bonds. The summed E-state index contributed by atoms with van der Waals surface area (Å²) >= 11 is 12.0. The highest BCUT2D eigenvalue weighted by Crippen LogP contribution is 2.25. The van der Waals surface area contributed by atoms with Gasteiger partial charge in [0.05, 0.1) is 0 Å². The van der Waals surface area contributed by atoms with Crippen LogP contribution in [0.2, 0.25) is 10.0 Å². The number of hydrogen-bond donors (Lipinski definition) is 1. The van der Waals surface area contributed by atoms with E-state index in [1.165, 1.54) is 0 Å². The third kappa shape index (κ3) is 7.85. The molecule has 174 valence electrons. The van der Waals surface area contributed by atoms with Gasteiger partial charge in [-0.05, 0) is 62.7 Å². The van der Waals surface area contributed by atoms with Crippen LogP contribution in [-0.2, 0) is 16.1 Å². The summed E-state index contributed by atoms with van der Waals surface area (Å²) in [6.45, 7) is 5.19. The number of amides is 1. The standard InChI is InChI=1S/C24H30Cl2N2O4/c1-17(32-23-14-19(25)13-20(26)15-23)24(29)27-16-18-4-3-5-22(12-18)31-11-8-28(2)21-6-9-30-10-7-21/h3-5,12-15,17,21H,6-11,16H2,1-2H3,(H,27,29). The van der Waals surface area contributed by atoms with Crippen LogP contribution in [0.4, 0.5) is 0 Å². The van der Waals surface area contributed by atoms with Crippen LogP contribution < -0.4 is 14.8 Å². The molecule has 1 saturated heterocycles. The number of rotatable bonds is 10. The smallest absolute Gasteiger partial charge is 0.261 e. The van der Waals surface area contributed by atoms with Crippen LogP contribution in [0.25, 0.3) is 0 Å². The topological polar surface area (TPSA) is 60.0 Å². The van der Waals surface area contributed by atoms with Crippen molar-refractivity contribution in [2.75, 3.05) is 33.4 Å². The van der Waals surface area contributed by atoms with Gasteiger partial charge in [0.1, 0.15) is 18.1 Å². The van der Waals surface area contributed by atoms with Gasteiger partial charge in [0.2, 0.25) is 0 Å². The van der Waals surface area contributed by atoms with Crippen molar-refractivity contribution in [2.45, 2.75) is 38.5 Å². The van der Waals surface area contributed by atoms with E-state index in [9.17, 15) is 4.79 Å². The highest BCUT2D eigenvalue weighted by molar-refractivity contribution is 6.34. The molecular formula is C24H30Cl2N2O4. The third-order valence-electron chi connectivity index (χ3n) is 5.41. The molecule has 1 N–H and O–H groups in total. The lowest BCUT2D eigenvalue weighted by Gasteiger charge is -2.31. The van der Waals surface area contributed by atoms with Gasteiger partial charge in [0, 0.05) is 42.4 Å². The largest absolute Gasteiger partial charge is 0.492 e. The summed E-state index contributed by atoms with van der Waals surface area (Å²) in [5.41, 5.74) is 0.951. The Morgan fingerprint density at radius 2 is 1.88 bits per heavy atom. The first-order valence-corrected chi connectivity index (χ1v) is 11.6. The zero-order chi connectivity index (χ0) is 22.9. The number of carbonyl (C=O) groups is 1. The fourth-order valence-electron chi connectivity index (χ4n) is 3.55. The van der Waals surface area contributed by atoms with Crippen LogP contribution in [0.3, 0.4) is 0 Å². The normalized spacial score (nSPS) is 15.4. The minimum absolute atomic E-state index is 0.231. The van der Waals surface area contributed by atoms with Gasteiger partial charge in [0.15, 0.2) is 6.10 Å². The molecule has 3 rings (SSSR count). The van der Waals surface area contributed by atoms with Gasteiger partial charge in [-0.1, -0.05) is 35.3 Å². The molecule has 0 radical (unpaired) electrons. The molecule has 32 heavy (non-hydrogen) atoms. The predicted molar refractivity (Wildman–Crippen MR) is 127 cm³/mol. The van der Waals surface area contributed by atoms with E-state index in [2.05, 4.69) is 17.3 Å². The number of carbonyl (C=O) groups excluding carboxylic acids is 1. The Hall–Kier alpha value is -1.99. The summed E-state index contributed by atoms with van der Waals surface area (Å²) < 4.78 is 17.0. The Balaban J connectivity index is 1.43. The number of nitrogens with one attached hydrogen (secondary N) is 1. The van der Waals surface area contributed by atoms with Crippen molar-refractivity contribution in [3.05, 3.63) is 58.1 Å². The highest BCUT2D eigenvalue weighted by Gasteiger charge is 2.18. The molecule has 8 heteroatoms. The molecule has 6 nitrogen and oxygen atoms in total. The third-order valence-corrected chi connectivity index (χ3v) is 5.85. The second kappa shape index (κ2) is 12.3. The number of likely N-dealkylation sites (N-methyl/N-ethyl adjacent to an activating group) is 1. The molecule has 2 aromatic carbocycles. The highest BCUT2D eigenvalue weighted by atomic mass is 35.5. The molecule has 1 atom stereocenters. The van der Waals surface area contributed by atoms with Gasteiger partial charge in [-0.2, -0.15) is 0 Å². The monoisotopic (exact) mass is 480 g/mol. The molecule has 0 aliphatic carbocycles. The van der Waals surface area contributed by atoms with Crippen LogP contribution in [0.15, 0.2) is 42.5 Å². The first-order valence-electron chi connectivity index (χ1n) is 10.8. The maximum absolute atomic E-state index is 12.4. The maximum Gasteiger partial charge on any atom is 0.261 e. The van der Waals surface area contributed by atoms with E-state index in [1.807, 2.05) is 24.3 Å². The van der Waals surface area contributed by atoms with Gasteiger partial charge in [-0.25, -0.2) is 0 Å². The molecule has 1 aliphatic heterocycles. The average molecular weight is 481 g/mol. The summed E-state index contributed by atoms with van der Waals surface area (Å²) in [6.07, 6.45) is 1.45. The van der Waals surface area contributed by atoms with Crippen LogP contribution in [0.1, 0.15) is 25.3 Å². The van der Waals surface area contributed by atoms with E-state index >= 15 is 0 Å². The fraction of sp³-hybridized carbons (Fsp3) is 0.458. The van der Waals surface area contributed by atoms with Gasteiger partial charge in [0.25, 0.3) is 5.91 Å². The second-order valence-corrected chi connectivity index (χ2v) is 8.78. The second-order valence-electron chi connectivity index (χ2n) is 7.90. The molecule has 2 aromatic rings. The molecule has 0 saturated carbocycles. The molecule has 0 bridgehead atoms. The van der Waals surface area contributed by atoms with Crippen molar-refractivity contribution >= 4 is 29.1 Å². The summed E-state index contributed by atoms with van der Waals surface area (Å²) in [5.74, 6) is 1.01. The Morgan fingerprint density at radius 1 is 1.16 bits per heavy atom. The molecule has 1 unspecified atom stereocenters. The first kappa shape index (κ1) is 24.6. The lowest BCUT2D eigenvalue weighted by Crippen LogP contribution is -2.38. The zero-order valence-electron chi connectivity index (χ0n) is 18.5. The van der Waals surface area contributed by atoms with Gasteiger partial charge in [-0.15, -0.1) is 0 Å². The SMILES string of the molecule is CC(Oc1cc(Cl)cc(Cl)c1)C(=O)NCc1cccc(OCCN(C)C2CCOCC2)c1. The van der Waals surface area contributed by atoms with Crippen molar-refractivity contribution in [2.24, 2.45) is 0 Å². The molecule has 0 aromatic heterocycles. The zero-order valence-corrected chi connectivity index (χ0v) is 20.0. The van der Waals surface area contributed by atoms with E-state index in [-0.39, 0.29) is 5.91 Å². The number of benzene rings is 2. The van der Waals surface area contributed by atoms with Gasteiger partial charge in [-0.3, -0.25) is 9.69 Å². The Morgan fingerprint density at radius 3 is 2.59 bits per heavy atom. The van der Waals surface area contributed by atoms with Crippen molar-refractivity contribution in [3.63, 3.8) is 0 Å². The average Bonchev–Trinajstić information content (AvgIpc) is 2.77. The Kier molecular flexibility index (Phi) is 9.48. The van der Waals surface area contributed by atoms with E-state index in [0.717, 1.165) is 43.9 Å². The molecule has 1 aliphatic rings. The van der Waals surface area contributed by atoms with Gasteiger partial charge < -0.3 is 19.5 Å². The summed E-state index contributed by atoms with van der Waals surface area (Å²) in [4.78, 5) is 14.8. The summed E-state index contributed by atoms with van der Waals surface area (Å²) in [6, 6.07) is 13.1. The minimum Gasteiger partial charge on any atom is -0.492 e. The van der Waals surface area contributed by atoms with Crippen LogP contribution >= 0.6 is 23.2 Å². The summed E-state index contributed by atoms with van der Waals surface area (Å²) in [7, 11) is 2.13. The lowest BCUT2D eigenvalue weighted by atomic mass is 10.1. The molecule has 1 fully saturated rings. The molecule has 1 heterocycles. The van der Waals surface area contributed by atoms with Crippen molar-refractivity contribution in [1.82, 2.24) is 10.2 Å². The Bertz CT molecular complexity index is 870. The van der Waals surface area contributed by atoms with Crippen LogP contribution in [0, 0.1) is 0 Å². The molecular weight excluding hydrogens is 451 g/mol. The minimum atomic E-state index is -0.690. The number of halogens is 2. The van der Waals surface area contributed by atoms with E-state index in [0.29, 0.717) is 35.0 Å². The number of nitrogens with zero attached hydrogens (tertiary/aromatic N) is 1. The van der Waals surface area contributed by atoms with E-state index in [4.69, 9.17) is 37.4 Å². The fourth-order valence-corrected chi connectivity index (χ4v) is 4.05. The van der Waals surface area contributed by atoms with E-state index in [1.54, 1.807) is 25.1 Å². The van der Waals surface area contributed by atoms with Gasteiger partial charge >= 0.3 is 0 Å². The van der Waals surface area contributed by atoms with Crippen molar-refractivity contribution < 1.29 is 19.0 Å². The Labute approximate surface area is 199 Å².